The highest BCUT2D eigenvalue weighted by Crippen LogP contribution is 2.12. The topological polar surface area (TPSA) is 111 Å². The Morgan fingerprint density at radius 3 is 2.65 bits per heavy atom. The number of benzene rings is 1. The number of amides is 1. The molecule has 1 aromatic carbocycles. The maximum absolute atomic E-state index is 12.3. The minimum atomic E-state index is -0.459. The van der Waals surface area contributed by atoms with E-state index in [1.54, 1.807) is 4.68 Å². The molecule has 0 saturated heterocycles. The van der Waals surface area contributed by atoms with Crippen molar-refractivity contribution in [3.8, 4) is 5.69 Å². The summed E-state index contributed by atoms with van der Waals surface area (Å²) in [7, 11) is 0. The van der Waals surface area contributed by atoms with Crippen molar-refractivity contribution in [3.63, 3.8) is 0 Å². The van der Waals surface area contributed by atoms with E-state index in [1.807, 2.05) is 51.1 Å². The Morgan fingerprint density at radius 2 is 2.04 bits per heavy atom. The van der Waals surface area contributed by atoms with Crippen molar-refractivity contribution >= 4 is 11.9 Å². The van der Waals surface area contributed by atoms with Gasteiger partial charge in [0.15, 0.2) is 0 Å². The molecule has 0 saturated carbocycles. The highest BCUT2D eigenvalue weighted by molar-refractivity contribution is 5.84. The van der Waals surface area contributed by atoms with Gasteiger partial charge in [0.1, 0.15) is 6.04 Å². The number of hydrogen-bond donors (Lipinski definition) is 3. The second kappa shape index (κ2) is 7.19. The number of tetrazole rings is 1. The predicted octanol–water partition coefficient (Wildman–Crippen LogP) is 0.706. The fourth-order valence-corrected chi connectivity index (χ4v) is 1.97. The molecule has 2 aromatic rings. The molecule has 124 valence electrons. The minimum Gasteiger partial charge on any atom is -0.352 e. The Bertz CT molecular complexity index is 633. The molecule has 0 radical (unpaired) electrons. The average Bonchev–Trinajstić information content (AvgIpc) is 2.98. The lowest BCUT2D eigenvalue weighted by molar-refractivity contribution is -0.122. The van der Waals surface area contributed by atoms with Gasteiger partial charge in [0, 0.05) is 12.1 Å². The third-order valence-corrected chi connectivity index (χ3v) is 3.22. The van der Waals surface area contributed by atoms with Crippen LogP contribution in [-0.2, 0) is 4.79 Å². The fourth-order valence-electron chi connectivity index (χ4n) is 1.97. The molecule has 1 atom stereocenters. The highest BCUT2D eigenvalue weighted by atomic mass is 16.2. The Balaban J connectivity index is 2.08. The first-order valence-electron chi connectivity index (χ1n) is 7.57. The summed E-state index contributed by atoms with van der Waals surface area (Å²) in [5, 5.41) is 17.5. The minimum absolute atomic E-state index is 0.131. The molecule has 1 heterocycles. The SMILES string of the molecule is CCC(Nc1nnnn1-c1ccccc1)C(=O)NCC(C)(C)N. The zero-order valence-electron chi connectivity index (χ0n) is 13.7. The van der Waals surface area contributed by atoms with Crippen LogP contribution in [0.2, 0.25) is 0 Å². The number of anilines is 1. The fraction of sp³-hybridized carbons (Fsp3) is 0.467. The number of aromatic nitrogens is 4. The molecule has 4 N–H and O–H groups in total. The standard InChI is InChI=1S/C15H23N7O/c1-4-12(13(23)17-10-15(2,3)16)18-14-19-20-21-22(14)11-8-6-5-7-9-11/h5-9,12H,4,10,16H2,1-3H3,(H,17,23)(H,18,19,21). The number of nitrogens with two attached hydrogens (primary N) is 1. The molecule has 0 aliphatic rings. The van der Waals surface area contributed by atoms with Gasteiger partial charge in [0.05, 0.1) is 5.69 Å². The number of nitrogens with zero attached hydrogens (tertiary/aromatic N) is 4. The molecule has 1 aromatic heterocycles. The van der Waals surface area contributed by atoms with Crippen LogP contribution in [0.15, 0.2) is 30.3 Å². The van der Waals surface area contributed by atoms with Gasteiger partial charge in [-0.25, -0.2) is 0 Å². The molecule has 1 unspecified atom stereocenters. The molecule has 0 spiro atoms. The summed E-state index contributed by atoms with van der Waals surface area (Å²) in [5.74, 6) is 0.291. The van der Waals surface area contributed by atoms with Crippen molar-refractivity contribution in [3.05, 3.63) is 30.3 Å². The summed E-state index contributed by atoms with van der Waals surface area (Å²) < 4.78 is 1.56. The van der Waals surface area contributed by atoms with E-state index in [-0.39, 0.29) is 5.91 Å². The number of carbonyl (C=O) groups is 1. The Morgan fingerprint density at radius 1 is 1.35 bits per heavy atom. The Kier molecular flexibility index (Phi) is 5.28. The van der Waals surface area contributed by atoms with Gasteiger partial charge in [-0.05, 0) is 42.8 Å². The van der Waals surface area contributed by atoms with E-state index in [1.165, 1.54) is 0 Å². The highest BCUT2D eigenvalue weighted by Gasteiger charge is 2.21. The van der Waals surface area contributed by atoms with Crippen molar-refractivity contribution < 1.29 is 4.79 Å². The predicted molar refractivity (Wildman–Crippen MR) is 88.1 cm³/mol. The van der Waals surface area contributed by atoms with Gasteiger partial charge >= 0.3 is 0 Å². The van der Waals surface area contributed by atoms with E-state index in [9.17, 15) is 4.79 Å². The van der Waals surface area contributed by atoms with Crippen LogP contribution in [0.1, 0.15) is 27.2 Å². The average molecular weight is 317 g/mol. The quantitative estimate of drug-likeness (QED) is 0.693. The largest absolute Gasteiger partial charge is 0.352 e. The van der Waals surface area contributed by atoms with E-state index < -0.39 is 11.6 Å². The first-order chi connectivity index (χ1) is 10.9. The van der Waals surface area contributed by atoms with Gasteiger partial charge in [-0.2, -0.15) is 4.68 Å². The molecule has 0 fully saturated rings. The summed E-state index contributed by atoms with van der Waals surface area (Å²) >= 11 is 0. The smallest absolute Gasteiger partial charge is 0.248 e. The van der Waals surface area contributed by atoms with Crippen LogP contribution in [0.25, 0.3) is 5.69 Å². The normalized spacial score (nSPS) is 12.7. The lowest BCUT2D eigenvalue weighted by Gasteiger charge is -2.22. The van der Waals surface area contributed by atoms with Crippen LogP contribution in [0.5, 0.6) is 0 Å². The van der Waals surface area contributed by atoms with Crippen LogP contribution in [0.4, 0.5) is 5.95 Å². The van der Waals surface area contributed by atoms with Crippen molar-refractivity contribution in [1.82, 2.24) is 25.5 Å². The molecule has 8 nitrogen and oxygen atoms in total. The number of carbonyl (C=O) groups excluding carboxylic acids is 1. The molecule has 1 amide bonds. The lowest BCUT2D eigenvalue weighted by atomic mass is 10.1. The van der Waals surface area contributed by atoms with Crippen LogP contribution in [0, 0.1) is 0 Å². The molecule has 0 aliphatic heterocycles. The zero-order chi connectivity index (χ0) is 16.9. The van der Waals surface area contributed by atoms with Gasteiger partial charge in [-0.15, -0.1) is 0 Å². The third-order valence-electron chi connectivity index (χ3n) is 3.22. The number of rotatable bonds is 7. The van der Waals surface area contributed by atoms with Gasteiger partial charge in [-0.3, -0.25) is 4.79 Å². The van der Waals surface area contributed by atoms with Crippen LogP contribution >= 0.6 is 0 Å². The van der Waals surface area contributed by atoms with Crippen LogP contribution < -0.4 is 16.4 Å². The zero-order valence-corrected chi connectivity index (χ0v) is 13.7. The third kappa shape index (κ3) is 4.75. The summed E-state index contributed by atoms with van der Waals surface area (Å²) in [4.78, 5) is 12.3. The molecule has 23 heavy (non-hydrogen) atoms. The molecule has 2 rings (SSSR count). The van der Waals surface area contributed by atoms with Gasteiger partial charge in [0.25, 0.3) is 0 Å². The van der Waals surface area contributed by atoms with Gasteiger partial charge in [0.2, 0.25) is 11.9 Å². The first-order valence-corrected chi connectivity index (χ1v) is 7.57. The van der Waals surface area contributed by atoms with E-state index >= 15 is 0 Å². The summed E-state index contributed by atoms with van der Waals surface area (Å²) in [6.45, 7) is 6.03. The second-order valence-corrected chi connectivity index (χ2v) is 6.06. The summed E-state index contributed by atoms with van der Waals surface area (Å²) in [6, 6.07) is 9.05. The Labute approximate surface area is 135 Å². The summed E-state index contributed by atoms with van der Waals surface area (Å²) in [6.07, 6.45) is 0.596. The van der Waals surface area contributed by atoms with Crippen molar-refractivity contribution in [1.29, 1.82) is 0 Å². The van der Waals surface area contributed by atoms with E-state index in [0.717, 1.165) is 5.69 Å². The number of para-hydroxylation sites is 1. The monoisotopic (exact) mass is 317 g/mol. The molecular weight excluding hydrogens is 294 g/mol. The molecular formula is C15H23N7O. The van der Waals surface area contributed by atoms with E-state index in [4.69, 9.17) is 5.73 Å². The number of nitrogens with one attached hydrogen (secondary N) is 2. The van der Waals surface area contributed by atoms with Crippen LogP contribution in [0.3, 0.4) is 0 Å². The molecule has 0 aliphatic carbocycles. The van der Waals surface area contributed by atoms with Crippen molar-refractivity contribution in [2.45, 2.75) is 38.8 Å². The molecule has 0 bridgehead atoms. The van der Waals surface area contributed by atoms with Gasteiger partial charge < -0.3 is 16.4 Å². The van der Waals surface area contributed by atoms with Crippen molar-refractivity contribution in [2.75, 3.05) is 11.9 Å². The van der Waals surface area contributed by atoms with Crippen LogP contribution in [-0.4, -0.2) is 44.2 Å². The second-order valence-electron chi connectivity index (χ2n) is 6.06. The van der Waals surface area contributed by atoms with E-state index in [2.05, 4.69) is 26.2 Å². The maximum Gasteiger partial charge on any atom is 0.248 e. The van der Waals surface area contributed by atoms with Crippen molar-refractivity contribution in [2.24, 2.45) is 5.73 Å². The summed E-state index contributed by atoms with van der Waals surface area (Å²) in [5.41, 5.74) is 6.25. The maximum atomic E-state index is 12.3. The number of hydrogen-bond acceptors (Lipinski definition) is 6. The molecule has 8 heteroatoms. The lowest BCUT2D eigenvalue weighted by Crippen LogP contribution is -2.49. The van der Waals surface area contributed by atoms with E-state index in [0.29, 0.717) is 18.9 Å². The first kappa shape index (κ1) is 16.9. The van der Waals surface area contributed by atoms with Gasteiger partial charge in [-0.1, -0.05) is 30.2 Å². The Hall–Kier alpha value is -2.48.